The molecule has 0 aliphatic heterocycles. The number of fused-ring (bicyclic) bond motifs is 6. The third-order valence-corrected chi connectivity index (χ3v) is 8.64. The van der Waals surface area contributed by atoms with E-state index in [0.717, 1.165) is 89.1 Å². The number of benzene rings is 4. The van der Waals surface area contributed by atoms with Crippen LogP contribution < -0.4 is 28.4 Å². The van der Waals surface area contributed by atoms with Crippen LogP contribution in [0.2, 0.25) is 0 Å². The molecule has 0 saturated carbocycles. The van der Waals surface area contributed by atoms with E-state index in [9.17, 15) is 14.4 Å². The number of carbonyl (C=O) groups is 3. The third-order valence-electron chi connectivity index (χ3n) is 8.64. The zero-order chi connectivity index (χ0) is 41.0. The van der Waals surface area contributed by atoms with E-state index in [1.165, 1.54) is 0 Å². The van der Waals surface area contributed by atoms with Crippen molar-refractivity contribution in [2.75, 3.05) is 59.5 Å². The summed E-state index contributed by atoms with van der Waals surface area (Å²) >= 11 is 0. The average Bonchev–Trinajstić information content (AvgIpc) is 3.22. The predicted octanol–water partition coefficient (Wildman–Crippen LogP) is 9.01. The Morgan fingerprint density at radius 3 is 0.789 bits per heavy atom. The van der Waals surface area contributed by atoms with Crippen molar-refractivity contribution < 1.29 is 57.0 Å². The molecule has 0 aliphatic carbocycles. The molecule has 0 amide bonds. The Labute approximate surface area is 334 Å². The van der Waals surface area contributed by atoms with E-state index >= 15 is 0 Å². The number of rotatable bonds is 27. The molecule has 0 radical (unpaired) electrons. The summed E-state index contributed by atoms with van der Waals surface area (Å²) < 4.78 is 53.1. The molecule has 0 N–H and O–H groups in total. The summed E-state index contributed by atoms with van der Waals surface area (Å²) in [6, 6.07) is 11.6. The maximum Gasteiger partial charge on any atom is 0.330 e. The number of esters is 3. The van der Waals surface area contributed by atoms with E-state index in [1.54, 1.807) is 0 Å². The van der Waals surface area contributed by atoms with Gasteiger partial charge in [-0.05, 0) is 88.0 Å². The fourth-order valence-corrected chi connectivity index (χ4v) is 5.73. The van der Waals surface area contributed by atoms with Crippen LogP contribution in [0.25, 0.3) is 32.3 Å². The van der Waals surface area contributed by atoms with E-state index in [1.807, 2.05) is 36.4 Å². The van der Waals surface area contributed by atoms with Crippen LogP contribution in [-0.4, -0.2) is 77.4 Å². The molecule has 12 nitrogen and oxygen atoms in total. The van der Waals surface area contributed by atoms with E-state index in [0.29, 0.717) is 54.3 Å². The van der Waals surface area contributed by atoms with Crippen molar-refractivity contribution in [1.82, 2.24) is 0 Å². The maximum atomic E-state index is 11.7. The fourth-order valence-electron chi connectivity index (χ4n) is 5.73. The second-order valence-electron chi connectivity index (χ2n) is 12.8. The van der Waals surface area contributed by atoms with Crippen LogP contribution in [-0.2, 0) is 28.6 Å². The number of hydrogen-bond acceptors (Lipinski definition) is 12. The second-order valence-corrected chi connectivity index (χ2v) is 12.8. The summed E-state index contributed by atoms with van der Waals surface area (Å²) in [7, 11) is 0. The molecule has 0 heterocycles. The Hall–Kier alpha value is -5.91. The van der Waals surface area contributed by atoms with Crippen LogP contribution in [0.15, 0.2) is 74.4 Å². The molecule has 0 atom stereocenters. The first-order valence-corrected chi connectivity index (χ1v) is 19.5. The lowest BCUT2D eigenvalue weighted by molar-refractivity contribution is -0.139. The van der Waals surface area contributed by atoms with Gasteiger partial charge in [0.05, 0.1) is 19.8 Å². The highest BCUT2D eigenvalue weighted by molar-refractivity contribution is 6.26. The Bertz CT molecular complexity index is 2020. The van der Waals surface area contributed by atoms with Gasteiger partial charge in [0.2, 0.25) is 0 Å². The van der Waals surface area contributed by atoms with Crippen LogP contribution >= 0.6 is 0 Å². The number of unbranched alkanes of at least 4 members (excludes halogenated alkanes) is 3. The molecule has 4 aromatic rings. The Balaban J connectivity index is 1.99. The first-order valence-electron chi connectivity index (χ1n) is 19.5. The van der Waals surface area contributed by atoms with Gasteiger partial charge in [-0.1, -0.05) is 59.8 Å². The molecule has 0 fully saturated rings. The zero-order valence-electron chi connectivity index (χ0n) is 33.3. The quantitative estimate of drug-likeness (QED) is 0.0188. The van der Waals surface area contributed by atoms with Gasteiger partial charge in [-0.15, -0.1) is 0 Å². The van der Waals surface area contributed by atoms with Gasteiger partial charge < -0.3 is 42.6 Å². The lowest BCUT2D eigenvalue weighted by atomic mass is 9.93. The standard InChI is InChI=1S/C45H54O12/c1-7-13-16-49-37-25-31-32-26-38(50-17-14-8-2)41(53-20-23-56-44(47)11-5)29-35(32)36-30-42(54-21-24-57-45(48)12-6)39(51-18-15-9-3)27-33(36)34(31)28-40(37)52-19-22-55-43(46)10-4/h10-12,25-30H,4-9,13-24H2,1-3H3. The minimum absolute atomic E-state index is 0.00620. The first-order chi connectivity index (χ1) is 27.8. The van der Waals surface area contributed by atoms with Crippen LogP contribution in [0.3, 0.4) is 0 Å². The van der Waals surface area contributed by atoms with Crippen molar-refractivity contribution in [3.63, 3.8) is 0 Å². The third kappa shape index (κ3) is 12.5. The van der Waals surface area contributed by atoms with Crippen molar-refractivity contribution >= 4 is 50.2 Å². The number of carbonyl (C=O) groups excluding carboxylic acids is 3. The van der Waals surface area contributed by atoms with Gasteiger partial charge in [-0.25, -0.2) is 14.4 Å². The highest BCUT2D eigenvalue weighted by Gasteiger charge is 2.21. The smallest absolute Gasteiger partial charge is 0.330 e. The highest BCUT2D eigenvalue weighted by atomic mass is 16.6. The summed E-state index contributed by atoms with van der Waals surface area (Å²) in [5.41, 5.74) is 0. The largest absolute Gasteiger partial charge is 0.490 e. The Kier molecular flexibility index (Phi) is 17.9. The predicted molar refractivity (Wildman–Crippen MR) is 220 cm³/mol. The van der Waals surface area contributed by atoms with Gasteiger partial charge in [-0.2, -0.15) is 0 Å². The first kappa shape index (κ1) is 43.8. The topological polar surface area (TPSA) is 134 Å². The second kappa shape index (κ2) is 23.2. The Morgan fingerprint density at radius 1 is 0.386 bits per heavy atom. The maximum absolute atomic E-state index is 11.7. The SMILES string of the molecule is C=CC(=O)OCCOc1cc2c(cc1OCCCC)c1cc(OCCCC)c(OCCOC(=O)C=C)cc1c1cc(OCCOC(=O)C=C)c(OCCCC)cc21. The van der Waals surface area contributed by atoms with Crippen LogP contribution in [0, 0.1) is 0 Å². The lowest BCUT2D eigenvalue weighted by Crippen LogP contribution is -2.11. The minimum atomic E-state index is -0.548. The number of hydrogen-bond donors (Lipinski definition) is 0. The van der Waals surface area contributed by atoms with Gasteiger partial charge in [0, 0.05) is 18.2 Å². The van der Waals surface area contributed by atoms with Crippen LogP contribution in [0.1, 0.15) is 59.3 Å². The molecule has 0 spiro atoms. The monoisotopic (exact) mass is 786 g/mol. The molecule has 4 rings (SSSR count). The molecule has 0 aliphatic rings. The van der Waals surface area contributed by atoms with E-state index in [2.05, 4.69) is 40.5 Å². The molecular formula is C45H54O12. The van der Waals surface area contributed by atoms with Crippen molar-refractivity contribution in [3.8, 4) is 34.5 Å². The molecule has 0 saturated heterocycles. The summed E-state index contributed by atoms with van der Waals surface area (Å²) in [6.07, 6.45) is 8.58. The molecule has 57 heavy (non-hydrogen) atoms. The van der Waals surface area contributed by atoms with E-state index in [-0.39, 0.29) is 39.6 Å². The van der Waals surface area contributed by atoms with Gasteiger partial charge >= 0.3 is 17.9 Å². The minimum Gasteiger partial charge on any atom is -0.490 e. The van der Waals surface area contributed by atoms with Crippen molar-refractivity contribution in [1.29, 1.82) is 0 Å². The van der Waals surface area contributed by atoms with Gasteiger partial charge in [-0.3, -0.25) is 0 Å². The molecule has 12 heteroatoms. The molecule has 306 valence electrons. The molecule has 0 bridgehead atoms. The highest BCUT2D eigenvalue weighted by Crippen LogP contribution is 2.47. The van der Waals surface area contributed by atoms with Crippen molar-refractivity contribution in [3.05, 3.63) is 74.4 Å². The lowest BCUT2D eigenvalue weighted by Gasteiger charge is -2.20. The van der Waals surface area contributed by atoms with Gasteiger partial charge in [0.25, 0.3) is 0 Å². The fraction of sp³-hybridized carbons (Fsp3) is 0.400. The summed E-state index contributed by atoms with van der Waals surface area (Å²) in [5.74, 6) is 1.31. The summed E-state index contributed by atoms with van der Waals surface area (Å²) in [6.45, 7) is 18.3. The van der Waals surface area contributed by atoms with Gasteiger partial charge in [0.15, 0.2) is 34.5 Å². The van der Waals surface area contributed by atoms with Crippen LogP contribution in [0.5, 0.6) is 34.5 Å². The van der Waals surface area contributed by atoms with Crippen LogP contribution in [0.4, 0.5) is 0 Å². The molecule has 0 aromatic heterocycles. The van der Waals surface area contributed by atoms with E-state index < -0.39 is 17.9 Å². The van der Waals surface area contributed by atoms with Gasteiger partial charge in [0.1, 0.15) is 39.6 Å². The van der Waals surface area contributed by atoms with Crippen molar-refractivity contribution in [2.45, 2.75) is 59.3 Å². The van der Waals surface area contributed by atoms with Crippen molar-refractivity contribution in [2.24, 2.45) is 0 Å². The molecule has 4 aromatic carbocycles. The normalized spacial score (nSPS) is 10.8. The van der Waals surface area contributed by atoms with E-state index in [4.69, 9.17) is 42.6 Å². The molecular weight excluding hydrogens is 732 g/mol. The summed E-state index contributed by atoms with van der Waals surface area (Å²) in [4.78, 5) is 35.2. The molecule has 0 unspecified atom stereocenters. The average molecular weight is 787 g/mol. The number of ether oxygens (including phenoxy) is 9. The summed E-state index contributed by atoms with van der Waals surface area (Å²) in [5, 5.41) is 4.95. The Morgan fingerprint density at radius 2 is 0.596 bits per heavy atom. The zero-order valence-corrected chi connectivity index (χ0v) is 33.3.